The van der Waals surface area contributed by atoms with Gasteiger partial charge in [0.2, 0.25) is 0 Å². The molecule has 0 saturated heterocycles. The van der Waals surface area contributed by atoms with Gasteiger partial charge in [0.25, 0.3) is 0 Å². The summed E-state index contributed by atoms with van der Waals surface area (Å²) in [5, 5.41) is 0. The Morgan fingerprint density at radius 1 is 0.744 bits per heavy atom. The van der Waals surface area contributed by atoms with Crippen LogP contribution in [0, 0.1) is 5.92 Å². The Kier molecular flexibility index (Phi) is 8.83. The van der Waals surface area contributed by atoms with Crippen molar-refractivity contribution in [2.24, 2.45) is 5.92 Å². The molecule has 39 heavy (non-hydrogen) atoms. The van der Waals surface area contributed by atoms with Crippen LogP contribution in [0.25, 0.3) is 11.1 Å². The van der Waals surface area contributed by atoms with E-state index >= 15 is 0 Å². The molecular weight excluding hydrogens is 476 g/mol. The van der Waals surface area contributed by atoms with Crippen molar-refractivity contribution < 1.29 is 11.0 Å². The molecule has 6 rings (SSSR count). The minimum atomic E-state index is 0. The van der Waals surface area contributed by atoms with Crippen molar-refractivity contribution in [1.82, 2.24) is 0 Å². The first kappa shape index (κ1) is 26.8. The van der Waals surface area contributed by atoms with Crippen LogP contribution in [0.5, 0.6) is 0 Å². The second-order valence-corrected chi connectivity index (χ2v) is 10.9. The minimum Gasteiger partial charge on any atom is -0.294 e. The van der Waals surface area contributed by atoms with Gasteiger partial charge in [0, 0.05) is 36.0 Å². The number of rotatable bonds is 8. The van der Waals surface area contributed by atoms with Gasteiger partial charge in [-0.1, -0.05) is 142 Å². The molecular formula is C37H40O2. The van der Waals surface area contributed by atoms with Crippen LogP contribution in [0.15, 0.2) is 103 Å². The lowest BCUT2D eigenvalue weighted by Gasteiger charge is -2.17. The van der Waals surface area contributed by atoms with E-state index in [1.54, 1.807) is 0 Å². The lowest BCUT2D eigenvalue weighted by molar-refractivity contribution is 0.0974. The van der Waals surface area contributed by atoms with Crippen LogP contribution in [-0.2, 0) is 0 Å². The standard InChI is InChI=1S/C21H20O2.C16H18.H2/c22-19(13-12-14-6-1-2-7-14)17-10-5-11-18-20(17)15-8-3-4-9-16(15)21(18)23;1-2-9-16(14-10-5-3-6-11-14)15-12-7-4-8-13-15;/h3-5,8-11,14H,1-2,6-7,12-13H2;3-8,10-13,16H,2,9H2,1H3;1H. The SMILES string of the molecule is CCCC(c1ccccc1)c1ccccc1.O=C(CCC1CCCC1)c1cccc2c1-c1ccccc1C2=O.[HH]. The summed E-state index contributed by atoms with van der Waals surface area (Å²) in [6.45, 7) is 2.25. The minimum absolute atomic E-state index is 0. The molecule has 0 spiro atoms. The molecule has 2 heteroatoms. The van der Waals surface area contributed by atoms with E-state index in [4.69, 9.17) is 0 Å². The van der Waals surface area contributed by atoms with Crippen LogP contribution in [0.2, 0.25) is 0 Å². The summed E-state index contributed by atoms with van der Waals surface area (Å²) in [6, 6.07) is 34.8. The van der Waals surface area contributed by atoms with Gasteiger partial charge in [-0.05, 0) is 35.4 Å². The third-order valence-electron chi connectivity index (χ3n) is 8.29. The van der Waals surface area contributed by atoms with E-state index in [0.29, 0.717) is 23.8 Å². The highest BCUT2D eigenvalue weighted by Gasteiger charge is 2.30. The Morgan fingerprint density at radius 3 is 1.92 bits per heavy atom. The number of fused-ring (bicyclic) bond motifs is 3. The largest absolute Gasteiger partial charge is 0.294 e. The fourth-order valence-corrected chi connectivity index (χ4v) is 6.26. The maximum Gasteiger partial charge on any atom is 0.194 e. The predicted molar refractivity (Wildman–Crippen MR) is 163 cm³/mol. The zero-order chi connectivity index (χ0) is 27.0. The van der Waals surface area contributed by atoms with E-state index in [9.17, 15) is 9.59 Å². The molecule has 2 aliphatic carbocycles. The third-order valence-corrected chi connectivity index (χ3v) is 8.29. The molecule has 0 N–H and O–H groups in total. The van der Waals surface area contributed by atoms with Gasteiger partial charge >= 0.3 is 0 Å². The van der Waals surface area contributed by atoms with Crippen LogP contribution >= 0.6 is 0 Å². The van der Waals surface area contributed by atoms with Gasteiger partial charge < -0.3 is 0 Å². The average Bonchev–Trinajstić information content (AvgIpc) is 3.62. The normalized spacial score (nSPS) is 14.1. The topological polar surface area (TPSA) is 34.1 Å². The van der Waals surface area contributed by atoms with Crippen molar-refractivity contribution in [3.8, 4) is 11.1 Å². The Labute approximate surface area is 234 Å². The Hall–Kier alpha value is -3.78. The first-order valence-corrected chi connectivity index (χ1v) is 14.6. The van der Waals surface area contributed by atoms with E-state index in [-0.39, 0.29) is 13.0 Å². The molecule has 1 fully saturated rings. The van der Waals surface area contributed by atoms with E-state index in [2.05, 4.69) is 67.6 Å². The van der Waals surface area contributed by atoms with Gasteiger partial charge in [0.05, 0.1) is 0 Å². The summed E-state index contributed by atoms with van der Waals surface area (Å²) >= 11 is 0. The van der Waals surface area contributed by atoms with E-state index < -0.39 is 0 Å². The molecule has 1 saturated carbocycles. The highest BCUT2D eigenvalue weighted by Crippen LogP contribution is 2.39. The van der Waals surface area contributed by atoms with Gasteiger partial charge in [0.15, 0.2) is 11.6 Å². The molecule has 0 aromatic heterocycles. The lowest BCUT2D eigenvalue weighted by atomic mass is 9.88. The van der Waals surface area contributed by atoms with Crippen molar-refractivity contribution >= 4 is 11.6 Å². The van der Waals surface area contributed by atoms with Crippen LogP contribution in [-0.4, -0.2) is 11.6 Å². The third kappa shape index (κ3) is 6.11. The Morgan fingerprint density at radius 2 is 1.31 bits per heavy atom. The molecule has 0 atom stereocenters. The molecule has 0 unspecified atom stereocenters. The fourth-order valence-electron chi connectivity index (χ4n) is 6.26. The molecule has 4 aromatic carbocycles. The van der Waals surface area contributed by atoms with Crippen LogP contribution < -0.4 is 0 Å². The summed E-state index contributed by atoms with van der Waals surface area (Å²) in [7, 11) is 0. The number of ketones is 2. The lowest BCUT2D eigenvalue weighted by Crippen LogP contribution is -2.05. The number of hydrogen-bond donors (Lipinski definition) is 0. The summed E-state index contributed by atoms with van der Waals surface area (Å²) in [4.78, 5) is 25.3. The molecule has 4 aromatic rings. The summed E-state index contributed by atoms with van der Waals surface area (Å²) in [6.07, 6.45) is 9.16. The average molecular weight is 517 g/mol. The zero-order valence-electron chi connectivity index (χ0n) is 22.9. The summed E-state index contributed by atoms with van der Waals surface area (Å²) in [5.41, 5.74) is 6.74. The van der Waals surface area contributed by atoms with E-state index in [0.717, 1.165) is 28.7 Å². The highest BCUT2D eigenvalue weighted by molar-refractivity contribution is 6.24. The van der Waals surface area contributed by atoms with Crippen molar-refractivity contribution in [2.75, 3.05) is 0 Å². The van der Waals surface area contributed by atoms with Gasteiger partial charge in [-0.25, -0.2) is 0 Å². The first-order chi connectivity index (χ1) is 19.2. The van der Waals surface area contributed by atoms with Crippen LogP contribution in [0.4, 0.5) is 0 Å². The molecule has 0 radical (unpaired) electrons. The van der Waals surface area contributed by atoms with Gasteiger partial charge in [-0.3, -0.25) is 9.59 Å². The van der Waals surface area contributed by atoms with Gasteiger partial charge in [-0.15, -0.1) is 0 Å². The second-order valence-electron chi connectivity index (χ2n) is 10.9. The fraction of sp³-hybridized carbons (Fsp3) is 0.297. The molecule has 0 aliphatic heterocycles. The van der Waals surface area contributed by atoms with E-state index in [1.165, 1.54) is 49.7 Å². The van der Waals surface area contributed by atoms with Crippen molar-refractivity contribution in [3.63, 3.8) is 0 Å². The zero-order valence-corrected chi connectivity index (χ0v) is 22.9. The smallest absolute Gasteiger partial charge is 0.194 e. The van der Waals surface area contributed by atoms with Crippen molar-refractivity contribution in [2.45, 2.75) is 64.2 Å². The highest BCUT2D eigenvalue weighted by atomic mass is 16.1. The summed E-state index contributed by atoms with van der Waals surface area (Å²) < 4.78 is 0. The number of Topliss-reactive ketones (excluding diaryl/α,β-unsaturated/α-hetero) is 1. The van der Waals surface area contributed by atoms with Gasteiger partial charge in [-0.2, -0.15) is 0 Å². The molecule has 2 aliphatic rings. The molecule has 0 bridgehead atoms. The number of benzene rings is 4. The maximum absolute atomic E-state index is 12.8. The molecule has 200 valence electrons. The first-order valence-electron chi connectivity index (χ1n) is 14.6. The second kappa shape index (κ2) is 12.8. The summed E-state index contributed by atoms with van der Waals surface area (Å²) in [5.74, 6) is 1.48. The molecule has 0 heterocycles. The molecule has 2 nitrogen and oxygen atoms in total. The number of hydrogen-bond acceptors (Lipinski definition) is 2. The predicted octanol–water partition coefficient (Wildman–Crippen LogP) is 9.92. The number of carbonyl (C=O) groups is 2. The Bertz CT molecular complexity index is 1370. The quantitative estimate of drug-likeness (QED) is 0.192. The Balaban J connectivity index is 0.000000192. The van der Waals surface area contributed by atoms with Crippen molar-refractivity contribution in [1.29, 1.82) is 0 Å². The monoisotopic (exact) mass is 516 g/mol. The van der Waals surface area contributed by atoms with E-state index in [1.807, 2.05) is 42.5 Å². The van der Waals surface area contributed by atoms with Crippen LogP contribution in [0.1, 0.15) is 103 Å². The molecule has 0 amide bonds. The van der Waals surface area contributed by atoms with Crippen molar-refractivity contribution in [3.05, 3.63) is 131 Å². The maximum atomic E-state index is 12.8. The van der Waals surface area contributed by atoms with Gasteiger partial charge in [0.1, 0.15) is 0 Å². The van der Waals surface area contributed by atoms with Crippen LogP contribution in [0.3, 0.4) is 0 Å². The number of carbonyl (C=O) groups excluding carboxylic acids is 2.